The molecule has 1 amide bonds. The maximum Gasteiger partial charge on any atom is 0.254 e. The molecule has 0 aromatic heterocycles. The molecule has 0 fully saturated rings. The van der Waals surface area contributed by atoms with Crippen LogP contribution in [0.15, 0.2) is 65.6 Å². The third kappa shape index (κ3) is 2.86. The van der Waals surface area contributed by atoms with Crippen molar-refractivity contribution in [1.29, 1.82) is 0 Å². The number of hydrogen-bond acceptors (Lipinski definition) is 4. The number of ether oxygens (including phenoxy) is 1. The van der Waals surface area contributed by atoms with Crippen molar-refractivity contribution in [3.05, 3.63) is 66.2 Å². The van der Waals surface area contributed by atoms with Gasteiger partial charge in [0.2, 0.25) is 0 Å². The largest absolute Gasteiger partial charge is 0.497 e. The first-order valence-corrected chi connectivity index (χ1v) is 8.86. The molecule has 0 aliphatic carbocycles. The zero-order chi connectivity index (χ0) is 17.4. The van der Waals surface area contributed by atoms with Crippen molar-refractivity contribution in [3.8, 4) is 5.75 Å². The Kier molecular flexibility index (Phi) is 4.11. The average Bonchev–Trinajstić information content (AvgIpc) is 2.79. The third-order valence-corrected chi connectivity index (χ3v) is 5.84. The Balaban J connectivity index is 1.83. The fourth-order valence-corrected chi connectivity index (χ4v) is 4.41. The predicted molar refractivity (Wildman–Crippen MR) is 100 cm³/mol. The summed E-state index contributed by atoms with van der Waals surface area (Å²) in [6.45, 7) is 0. The molecule has 4 rings (SSSR count). The molecule has 0 radical (unpaired) electrons. The van der Waals surface area contributed by atoms with Gasteiger partial charge in [0.15, 0.2) is 0 Å². The van der Waals surface area contributed by atoms with E-state index in [9.17, 15) is 9.90 Å². The molecule has 1 heterocycles. The molecule has 1 aliphatic heterocycles. The van der Waals surface area contributed by atoms with E-state index in [1.807, 2.05) is 60.7 Å². The number of amides is 1. The summed E-state index contributed by atoms with van der Waals surface area (Å²) in [5.41, 5.74) is 1.62. The Morgan fingerprint density at radius 2 is 1.80 bits per heavy atom. The SMILES string of the molecule is COc1ccc([C@@H]2Sc3c(ccc4ccccc34)NC(=O)[C@H]2O)cc1. The van der Waals surface area contributed by atoms with E-state index in [1.54, 1.807) is 7.11 Å². The third-order valence-electron chi connectivity index (χ3n) is 4.38. The minimum Gasteiger partial charge on any atom is -0.497 e. The number of thioether (sulfide) groups is 1. The smallest absolute Gasteiger partial charge is 0.254 e. The second-order valence-corrected chi connectivity index (χ2v) is 7.06. The van der Waals surface area contributed by atoms with Gasteiger partial charge in [-0.1, -0.05) is 42.5 Å². The molecule has 0 saturated heterocycles. The van der Waals surface area contributed by atoms with Crippen molar-refractivity contribution in [3.63, 3.8) is 0 Å². The molecule has 3 aromatic carbocycles. The summed E-state index contributed by atoms with van der Waals surface area (Å²) in [5.74, 6) is 0.356. The molecular weight excluding hydrogens is 334 g/mol. The summed E-state index contributed by atoms with van der Waals surface area (Å²) in [6.07, 6.45) is -1.13. The molecular formula is C20H17NO3S. The first-order chi connectivity index (χ1) is 12.2. The zero-order valence-electron chi connectivity index (χ0n) is 13.6. The first kappa shape index (κ1) is 16.0. The van der Waals surface area contributed by atoms with Gasteiger partial charge in [-0.2, -0.15) is 0 Å². The minimum absolute atomic E-state index is 0.387. The fourth-order valence-electron chi connectivity index (χ4n) is 3.05. The van der Waals surface area contributed by atoms with Crippen LogP contribution < -0.4 is 10.1 Å². The Morgan fingerprint density at radius 1 is 1.04 bits per heavy atom. The van der Waals surface area contributed by atoms with E-state index in [1.165, 1.54) is 11.8 Å². The van der Waals surface area contributed by atoms with E-state index >= 15 is 0 Å². The molecule has 5 heteroatoms. The molecule has 4 nitrogen and oxygen atoms in total. The van der Waals surface area contributed by atoms with Crippen LogP contribution in [0.2, 0.25) is 0 Å². The van der Waals surface area contributed by atoms with Crippen LogP contribution >= 0.6 is 11.8 Å². The van der Waals surface area contributed by atoms with Crippen LogP contribution in [0.4, 0.5) is 5.69 Å². The molecule has 0 bridgehead atoms. The normalized spacial score (nSPS) is 19.8. The maximum absolute atomic E-state index is 12.4. The lowest BCUT2D eigenvalue weighted by molar-refractivity contribution is -0.124. The molecule has 3 aromatic rings. The van der Waals surface area contributed by atoms with Gasteiger partial charge in [-0.3, -0.25) is 4.79 Å². The molecule has 126 valence electrons. The number of benzene rings is 3. The number of aliphatic hydroxyl groups is 1. The highest BCUT2D eigenvalue weighted by Crippen LogP contribution is 2.47. The van der Waals surface area contributed by atoms with E-state index in [0.29, 0.717) is 0 Å². The van der Waals surface area contributed by atoms with Crippen LogP contribution in [0.1, 0.15) is 10.8 Å². The second-order valence-electron chi connectivity index (χ2n) is 5.91. The topological polar surface area (TPSA) is 58.6 Å². The summed E-state index contributed by atoms with van der Waals surface area (Å²) in [5, 5.41) is 15.2. The van der Waals surface area contributed by atoms with Crippen LogP contribution in [-0.2, 0) is 4.79 Å². The van der Waals surface area contributed by atoms with Crippen molar-refractivity contribution in [1.82, 2.24) is 0 Å². The summed E-state index contributed by atoms with van der Waals surface area (Å²) >= 11 is 1.51. The van der Waals surface area contributed by atoms with Crippen molar-refractivity contribution in [2.24, 2.45) is 0 Å². The number of carbonyl (C=O) groups is 1. The zero-order valence-corrected chi connectivity index (χ0v) is 14.4. The van der Waals surface area contributed by atoms with Gasteiger partial charge in [0.1, 0.15) is 11.9 Å². The highest BCUT2D eigenvalue weighted by atomic mass is 32.2. The van der Waals surface area contributed by atoms with E-state index in [0.717, 1.165) is 32.7 Å². The summed E-state index contributed by atoms with van der Waals surface area (Å²) in [7, 11) is 1.61. The van der Waals surface area contributed by atoms with Gasteiger partial charge < -0.3 is 15.2 Å². The minimum atomic E-state index is -1.13. The number of methoxy groups -OCH3 is 1. The van der Waals surface area contributed by atoms with Gasteiger partial charge >= 0.3 is 0 Å². The summed E-state index contributed by atoms with van der Waals surface area (Å²) in [6, 6.07) is 19.4. The Hall–Kier alpha value is -2.50. The molecule has 0 spiro atoms. The number of nitrogens with one attached hydrogen (secondary N) is 1. The Bertz CT molecular complexity index is 939. The predicted octanol–water partition coefficient (Wildman–Crippen LogP) is 3.99. The van der Waals surface area contributed by atoms with Crippen molar-refractivity contribution < 1.29 is 14.6 Å². The summed E-state index contributed by atoms with van der Waals surface area (Å²) < 4.78 is 5.19. The highest BCUT2D eigenvalue weighted by Gasteiger charge is 2.33. The maximum atomic E-state index is 12.4. The van der Waals surface area contributed by atoms with Crippen LogP contribution in [0.3, 0.4) is 0 Å². The molecule has 2 atom stereocenters. The van der Waals surface area contributed by atoms with E-state index in [-0.39, 0.29) is 5.91 Å². The standard InChI is InChI=1S/C20H17NO3S/c1-24-14-9-6-13(7-10-14)18-17(22)20(23)21-16-11-8-12-4-2-3-5-15(12)19(16)25-18/h2-11,17-18,22H,1H3,(H,21,23)/t17-,18-/m0/s1. The van der Waals surface area contributed by atoms with Crippen molar-refractivity contribution >= 4 is 34.1 Å². The van der Waals surface area contributed by atoms with Crippen LogP contribution in [0, 0.1) is 0 Å². The lowest BCUT2D eigenvalue weighted by Crippen LogP contribution is -2.30. The number of fused-ring (bicyclic) bond motifs is 3. The van der Waals surface area contributed by atoms with Gasteiger partial charge in [0.25, 0.3) is 5.91 Å². The second kappa shape index (κ2) is 6.43. The first-order valence-electron chi connectivity index (χ1n) is 7.98. The van der Waals surface area contributed by atoms with Gasteiger partial charge in [0.05, 0.1) is 18.0 Å². The molecule has 25 heavy (non-hydrogen) atoms. The number of hydrogen-bond donors (Lipinski definition) is 2. The van der Waals surface area contributed by atoms with Gasteiger partial charge in [-0.25, -0.2) is 0 Å². The van der Waals surface area contributed by atoms with Crippen LogP contribution in [0.25, 0.3) is 10.8 Å². The molecule has 2 N–H and O–H groups in total. The van der Waals surface area contributed by atoms with E-state index in [2.05, 4.69) is 5.32 Å². The molecule has 0 saturated carbocycles. The van der Waals surface area contributed by atoms with Crippen molar-refractivity contribution in [2.75, 3.05) is 12.4 Å². The molecule has 0 unspecified atom stereocenters. The number of carbonyl (C=O) groups excluding carboxylic acids is 1. The number of rotatable bonds is 2. The van der Waals surface area contributed by atoms with Crippen molar-refractivity contribution in [2.45, 2.75) is 16.2 Å². The number of aliphatic hydroxyl groups excluding tert-OH is 1. The van der Waals surface area contributed by atoms with E-state index in [4.69, 9.17) is 4.74 Å². The van der Waals surface area contributed by atoms with Crippen LogP contribution in [0.5, 0.6) is 5.75 Å². The summed E-state index contributed by atoms with van der Waals surface area (Å²) in [4.78, 5) is 13.4. The highest BCUT2D eigenvalue weighted by molar-refractivity contribution is 8.00. The van der Waals surface area contributed by atoms with Crippen LogP contribution in [-0.4, -0.2) is 24.2 Å². The fraction of sp³-hybridized carbons (Fsp3) is 0.150. The number of anilines is 1. The van der Waals surface area contributed by atoms with Gasteiger partial charge in [-0.15, -0.1) is 11.8 Å². The Labute approximate surface area is 149 Å². The molecule has 1 aliphatic rings. The quantitative estimate of drug-likeness (QED) is 0.733. The van der Waals surface area contributed by atoms with Gasteiger partial charge in [0, 0.05) is 4.90 Å². The lowest BCUT2D eigenvalue weighted by Gasteiger charge is -2.19. The van der Waals surface area contributed by atoms with Gasteiger partial charge in [-0.05, 0) is 34.5 Å². The average molecular weight is 351 g/mol. The lowest BCUT2D eigenvalue weighted by atomic mass is 10.1. The monoisotopic (exact) mass is 351 g/mol. The Morgan fingerprint density at radius 3 is 2.56 bits per heavy atom. The van der Waals surface area contributed by atoms with E-state index < -0.39 is 11.4 Å².